The van der Waals surface area contributed by atoms with E-state index < -0.39 is 32.6 Å². The van der Waals surface area contributed by atoms with Gasteiger partial charge in [-0.3, -0.25) is 4.79 Å². The predicted molar refractivity (Wildman–Crippen MR) is 89.8 cm³/mol. The molecule has 2 atom stereocenters. The second-order valence-electron chi connectivity index (χ2n) is 7.88. The van der Waals surface area contributed by atoms with Gasteiger partial charge in [0, 0.05) is 14.2 Å². The SMILES string of the molecule is COC(OC)[C@H](O[Si](C)(C)C(C)(C)C)[C@@H]1OC(C)(C)OCC1=O. The summed E-state index contributed by atoms with van der Waals surface area (Å²) < 4.78 is 28.5. The van der Waals surface area contributed by atoms with Gasteiger partial charge in [0.1, 0.15) is 12.7 Å². The van der Waals surface area contributed by atoms with Crippen LogP contribution in [0.3, 0.4) is 0 Å². The highest BCUT2D eigenvalue weighted by Crippen LogP contribution is 2.39. The fraction of sp³-hybridized carbons (Fsp3) is 0.938. The van der Waals surface area contributed by atoms with Gasteiger partial charge in [-0.25, -0.2) is 0 Å². The number of carbonyl (C=O) groups excluding carboxylic acids is 1. The third kappa shape index (κ3) is 5.08. The fourth-order valence-corrected chi connectivity index (χ4v) is 3.39. The number of rotatable bonds is 6. The predicted octanol–water partition coefficient (Wildman–Crippen LogP) is 2.72. The second-order valence-corrected chi connectivity index (χ2v) is 12.6. The first-order chi connectivity index (χ1) is 10.3. The van der Waals surface area contributed by atoms with E-state index >= 15 is 0 Å². The van der Waals surface area contributed by atoms with E-state index in [1.807, 2.05) is 0 Å². The molecule has 23 heavy (non-hydrogen) atoms. The zero-order valence-corrected chi connectivity index (χ0v) is 16.9. The average Bonchev–Trinajstić information content (AvgIpc) is 2.40. The topological polar surface area (TPSA) is 63.2 Å². The highest BCUT2D eigenvalue weighted by Gasteiger charge is 2.48. The van der Waals surface area contributed by atoms with Crippen molar-refractivity contribution in [3.05, 3.63) is 0 Å². The quantitative estimate of drug-likeness (QED) is 0.543. The Hall–Kier alpha value is -0.313. The highest BCUT2D eigenvalue weighted by molar-refractivity contribution is 6.74. The lowest BCUT2D eigenvalue weighted by molar-refractivity contribution is -0.287. The van der Waals surface area contributed by atoms with Gasteiger partial charge >= 0.3 is 0 Å². The van der Waals surface area contributed by atoms with Crippen molar-refractivity contribution < 1.29 is 28.2 Å². The third-order valence-electron chi connectivity index (χ3n) is 4.56. The lowest BCUT2D eigenvalue weighted by Gasteiger charge is -2.45. The molecule has 0 amide bonds. The minimum atomic E-state index is -2.16. The summed E-state index contributed by atoms with van der Waals surface area (Å²) in [5.74, 6) is -1.01. The zero-order valence-electron chi connectivity index (χ0n) is 15.9. The molecule has 0 aromatic heterocycles. The van der Waals surface area contributed by atoms with Crippen LogP contribution in [-0.2, 0) is 28.2 Å². The molecule has 0 aromatic rings. The summed E-state index contributed by atoms with van der Waals surface area (Å²) in [5, 5.41) is -0.0129. The number of carbonyl (C=O) groups is 1. The van der Waals surface area contributed by atoms with Crippen molar-refractivity contribution in [3.63, 3.8) is 0 Å². The number of ketones is 1. The van der Waals surface area contributed by atoms with Crippen molar-refractivity contribution in [3.8, 4) is 0 Å². The first kappa shape index (κ1) is 20.7. The maximum Gasteiger partial charge on any atom is 0.192 e. The van der Waals surface area contributed by atoms with Crippen LogP contribution < -0.4 is 0 Å². The van der Waals surface area contributed by atoms with E-state index in [0.717, 1.165) is 0 Å². The smallest absolute Gasteiger partial charge is 0.192 e. The largest absolute Gasteiger partial charge is 0.406 e. The highest BCUT2D eigenvalue weighted by atomic mass is 28.4. The summed E-state index contributed by atoms with van der Waals surface area (Å²) in [6.07, 6.45) is -2.11. The Bertz CT molecular complexity index is 411. The van der Waals surface area contributed by atoms with Crippen molar-refractivity contribution >= 4 is 14.1 Å². The van der Waals surface area contributed by atoms with Gasteiger partial charge in [0.05, 0.1) is 0 Å². The molecular formula is C16H32O6Si. The van der Waals surface area contributed by atoms with E-state index in [0.29, 0.717) is 0 Å². The molecule has 1 heterocycles. The van der Waals surface area contributed by atoms with Crippen LogP contribution in [0.1, 0.15) is 34.6 Å². The Kier molecular flexibility index (Phi) is 6.57. The molecule has 7 heteroatoms. The first-order valence-corrected chi connectivity index (χ1v) is 10.8. The Labute approximate surface area is 140 Å². The lowest BCUT2D eigenvalue weighted by atomic mass is 10.1. The van der Waals surface area contributed by atoms with E-state index in [-0.39, 0.29) is 17.4 Å². The van der Waals surface area contributed by atoms with E-state index in [1.54, 1.807) is 13.8 Å². The summed E-state index contributed by atoms with van der Waals surface area (Å²) in [7, 11) is 0.909. The van der Waals surface area contributed by atoms with Crippen LogP contribution in [0, 0.1) is 0 Å². The van der Waals surface area contributed by atoms with Crippen LogP contribution in [0.25, 0.3) is 0 Å². The molecule has 0 aromatic carbocycles. The van der Waals surface area contributed by atoms with Crippen LogP contribution >= 0.6 is 0 Å². The molecule has 1 aliphatic rings. The summed E-state index contributed by atoms with van der Waals surface area (Å²) in [5.41, 5.74) is 0. The van der Waals surface area contributed by atoms with Gasteiger partial charge in [-0.05, 0) is 32.0 Å². The third-order valence-corrected chi connectivity index (χ3v) is 9.03. The van der Waals surface area contributed by atoms with E-state index in [4.69, 9.17) is 23.4 Å². The van der Waals surface area contributed by atoms with E-state index in [2.05, 4.69) is 33.9 Å². The minimum absolute atomic E-state index is 0.00478. The molecule has 136 valence electrons. The number of methoxy groups -OCH3 is 2. The molecule has 0 unspecified atom stereocenters. The number of hydrogen-bond acceptors (Lipinski definition) is 6. The number of hydrogen-bond donors (Lipinski definition) is 0. The molecule has 0 radical (unpaired) electrons. The van der Waals surface area contributed by atoms with Gasteiger partial charge in [-0.1, -0.05) is 20.8 Å². The molecule has 0 spiro atoms. The van der Waals surface area contributed by atoms with Gasteiger partial charge < -0.3 is 23.4 Å². The van der Waals surface area contributed by atoms with E-state index in [1.165, 1.54) is 14.2 Å². The minimum Gasteiger partial charge on any atom is -0.406 e. The lowest BCUT2D eigenvalue weighted by Crippen LogP contribution is -2.59. The standard InChI is InChI=1S/C16H32O6Si/c1-15(2,3)23(8,9)22-13(14(18-6)19-7)12-11(17)10-20-16(4,5)21-12/h12-14H,10H2,1-9H3/t12-,13-/m1/s1. The Morgan fingerprint density at radius 3 is 2.17 bits per heavy atom. The van der Waals surface area contributed by atoms with Gasteiger partial charge in [0.2, 0.25) is 0 Å². The monoisotopic (exact) mass is 348 g/mol. The molecule has 0 N–H and O–H groups in total. The maximum atomic E-state index is 12.4. The summed E-state index contributed by atoms with van der Waals surface area (Å²) in [6.45, 7) is 14.2. The molecule has 1 rings (SSSR count). The van der Waals surface area contributed by atoms with Crippen molar-refractivity contribution in [2.24, 2.45) is 0 Å². The van der Waals surface area contributed by atoms with Crippen LogP contribution in [0.2, 0.25) is 18.1 Å². The Balaban J connectivity index is 3.12. The van der Waals surface area contributed by atoms with Crippen molar-refractivity contribution in [2.75, 3.05) is 20.8 Å². The first-order valence-electron chi connectivity index (χ1n) is 7.92. The summed E-state index contributed by atoms with van der Waals surface area (Å²) >= 11 is 0. The molecule has 1 aliphatic heterocycles. The van der Waals surface area contributed by atoms with Gasteiger partial charge in [0.15, 0.2) is 32.3 Å². The van der Waals surface area contributed by atoms with Gasteiger partial charge in [-0.2, -0.15) is 0 Å². The van der Waals surface area contributed by atoms with Crippen molar-refractivity contribution in [1.29, 1.82) is 0 Å². The van der Waals surface area contributed by atoms with Crippen molar-refractivity contribution in [1.82, 2.24) is 0 Å². The fourth-order valence-electron chi connectivity index (χ4n) is 2.12. The van der Waals surface area contributed by atoms with Crippen LogP contribution in [0.4, 0.5) is 0 Å². The van der Waals surface area contributed by atoms with Crippen molar-refractivity contribution in [2.45, 2.75) is 77.0 Å². The molecule has 6 nitrogen and oxygen atoms in total. The maximum absolute atomic E-state index is 12.4. The molecule has 0 aliphatic carbocycles. The van der Waals surface area contributed by atoms with Crippen LogP contribution in [0.5, 0.6) is 0 Å². The summed E-state index contributed by atoms with van der Waals surface area (Å²) in [6, 6.07) is 0. The molecule has 1 saturated heterocycles. The average molecular weight is 349 g/mol. The number of ether oxygens (including phenoxy) is 4. The molecule has 0 bridgehead atoms. The van der Waals surface area contributed by atoms with Crippen LogP contribution in [0.15, 0.2) is 0 Å². The zero-order chi connectivity index (χ0) is 18.1. The molecular weight excluding hydrogens is 316 g/mol. The molecule has 0 saturated carbocycles. The molecule has 1 fully saturated rings. The van der Waals surface area contributed by atoms with Crippen LogP contribution in [-0.4, -0.2) is 59.2 Å². The van der Waals surface area contributed by atoms with Gasteiger partial charge in [0.25, 0.3) is 0 Å². The van der Waals surface area contributed by atoms with Gasteiger partial charge in [-0.15, -0.1) is 0 Å². The Morgan fingerprint density at radius 1 is 1.22 bits per heavy atom. The normalized spacial score (nSPS) is 24.1. The van der Waals surface area contributed by atoms with E-state index in [9.17, 15) is 4.79 Å². The second kappa shape index (κ2) is 7.29. The Morgan fingerprint density at radius 2 is 1.74 bits per heavy atom. The summed E-state index contributed by atoms with van der Waals surface area (Å²) in [4.78, 5) is 12.4. The number of Topliss-reactive ketones (excluding diaryl/α,β-unsaturated/α-hetero) is 1.